The lowest BCUT2D eigenvalue weighted by molar-refractivity contribution is 0.398. The van der Waals surface area contributed by atoms with Gasteiger partial charge in [-0.1, -0.05) is 66.7 Å². The fraction of sp³-hybridized carbons (Fsp3) is 0.143. The molecule has 0 bridgehead atoms. The van der Waals surface area contributed by atoms with Crippen LogP contribution in [0, 0.1) is 0 Å². The molecular weight excluding hydrogens is 382 g/mol. The minimum atomic E-state index is -0.0526. The predicted octanol–water partition coefficient (Wildman–Crippen LogP) is 5.99. The molecule has 3 heteroatoms. The Balaban J connectivity index is 1.48. The molecule has 0 aliphatic carbocycles. The van der Waals surface area contributed by atoms with Gasteiger partial charge >= 0.3 is 0 Å². The molecule has 6 rings (SSSR count). The molecule has 1 atom stereocenters. The van der Waals surface area contributed by atoms with Crippen molar-refractivity contribution in [3.63, 3.8) is 0 Å². The molecule has 0 spiro atoms. The molecule has 0 aromatic heterocycles. The second-order valence-corrected chi connectivity index (χ2v) is 8.46. The lowest BCUT2D eigenvalue weighted by atomic mass is 9.87. The fourth-order valence-corrected chi connectivity index (χ4v) is 5.17. The first-order valence-corrected chi connectivity index (χ1v) is 10.8. The molecule has 1 aliphatic heterocycles. The maximum Gasteiger partial charge on any atom is 0.157 e. The number of fused-ring (bicyclic) bond motifs is 6. The van der Waals surface area contributed by atoms with E-state index in [4.69, 9.17) is 0 Å². The first-order valence-electron chi connectivity index (χ1n) is 10.8. The molecule has 152 valence electrons. The van der Waals surface area contributed by atoms with E-state index in [0.29, 0.717) is 0 Å². The smallest absolute Gasteiger partial charge is 0.157 e. The molecule has 0 fully saturated rings. The molecular formula is C28H23NO2. The van der Waals surface area contributed by atoms with Crippen LogP contribution in [0.25, 0.3) is 32.3 Å². The number of phenols is 2. The summed E-state index contributed by atoms with van der Waals surface area (Å²) in [7, 11) is 0. The van der Waals surface area contributed by atoms with Gasteiger partial charge in [-0.3, -0.25) is 0 Å². The minimum absolute atomic E-state index is 0.0387. The summed E-state index contributed by atoms with van der Waals surface area (Å²) in [5, 5.41) is 31.2. The number of rotatable bonds is 2. The zero-order valence-electron chi connectivity index (χ0n) is 17.1. The third-order valence-electron chi connectivity index (χ3n) is 6.69. The first-order chi connectivity index (χ1) is 15.2. The number of hydrogen-bond donors (Lipinski definition) is 3. The van der Waals surface area contributed by atoms with Gasteiger partial charge in [0.2, 0.25) is 0 Å². The van der Waals surface area contributed by atoms with E-state index >= 15 is 0 Å². The van der Waals surface area contributed by atoms with Gasteiger partial charge in [-0.15, -0.1) is 0 Å². The van der Waals surface area contributed by atoms with E-state index in [1.807, 2.05) is 0 Å². The van der Waals surface area contributed by atoms with Crippen LogP contribution in [-0.4, -0.2) is 16.8 Å². The van der Waals surface area contributed by atoms with Crippen molar-refractivity contribution in [3.05, 3.63) is 95.6 Å². The highest BCUT2D eigenvalue weighted by molar-refractivity contribution is 6.17. The van der Waals surface area contributed by atoms with Crippen LogP contribution in [0.1, 0.15) is 22.7 Å². The van der Waals surface area contributed by atoms with Gasteiger partial charge in [-0.25, -0.2) is 0 Å². The molecule has 1 aliphatic rings. The topological polar surface area (TPSA) is 52.5 Å². The quantitative estimate of drug-likeness (QED) is 0.250. The van der Waals surface area contributed by atoms with Crippen molar-refractivity contribution in [1.29, 1.82) is 0 Å². The van der Waals surface area contributed by atoms with Crippen LogP contribution < -0.4 is 5.32 Å². The first kappa shape index (κ1) is 18.2. The van der Waals surface area contributed by atoms with Crippen molar-refractivity contribution in [3.8, 4) is 11.5 Å². The van der Waals surface area contributed by atoms with Crippen LogP contribution in [0.3, 0.4) is 0 Å². The Bertz CT molecular complexity index is 1470. The highest BCUT2D eigenvalue weighted by Crippen LogP contribution is 2.37. The standard InChI is InChI=1S/C28H23NO2/c30-27-15-19-12-13-29-26(25(19)16-28(27)31)14-18-5-3-7-22-21(18)10-11-23-20-6-2-1-4-17(20)8-9-24(22)23/h1-11,15-16,26,29-31H,12-14H2. The minimum Gasteiger partial charge on any atom is -0.504 e. The molecule has 0 saturated carbocycles. The van der Waals surface area contributed by atoms with E-state index in [1.165, 1.54) is 37.9 Å². The van der Waals surface area contributed by atoms with Crippen LogP contribution in [0.5, 0.6) is 11.5 Å². The van der Waals surface area contributed by atoms with E-state index in [2.05, 4.69) is 72.0 Å². The van der Waals surface area contributed by atoms with Gasteiger partial charge in [0.15, 0.2) is 11.5 Å². The van der Waals surface area contributed by atoms with E-state index in [0.717, 1.165) is 30.5 Å². The number of benzene rings is 5. The molecule has 3 N–H and O–H groups in total. The van der Waals surface area contributed by atoms with Crippen LogP contribution in [0.15, 0.2) is 78.9 Å². The zero-order valence-corrected chi connectivity index (χ0v) is 17.1. The number of nitrogens with one attached hydrogen (secondary N) is 1. The van der Waals surface area contributed by atoms with E-state index in [1.54, 1.807) is 12.1 Å². The molecule has 5 aromatic rings. The van der Waals surface area contributed by atoms with Crippen molar-refractivity contribution < 1.29 is 10.2 Å². The summed E-state index contributed by atoms with van der Waals surface area (Å²) in [6, 6.07) is 27.6. The van der Waals surface area contributed by atoms with E-state index in [9.17, 15) is 10.2 Å². The summed E-state index contributed by atoms with van der Waals surface area (Å²) in [5.41, 5.74) is 3.46. The lowest BCUT2D eigenvalue weighted by Crippen LogP contribution is -2.31. The van der Waals surface area contributed by atoms with Gasteiger partial charge in [0.05, 0.1) is 0 Å². The van der Waals surface area contributed by atoms with Gasteiger partial charge in [0, 0.05) is 6.04 Å². The average molecular weight is 405 g/mol. The van der Waals surface area contributed by atoms with Gasteiger partial charge < -0.3 is 15.5 Å². The number of hydrogen-bond acceptors (Lipinski definition) is 3. The number of phenolic OH excluding ortho intramolecular Hbond substituents is 2. The summed E-state index contributed by atoms with van der Waals surface area (Å²) >= 11 is 0. The van der Waals surface area contributed by atoms with Gasteiger partial charge in [0.25, 0.3) is 0 Å². The van der Waals surface area contributed by atoms with Crippen LogP contribution in [-0.2, 0) is 12.8 Å². The summed E-state index contributed by atoms with van der Waals surface area (Å²) in [6.07, 6.45) is 1.68. The molecule has 5 aromatic carbocycles. The Hall–Kier alpha value is -3.56. The SMILES string of the molecule is Oc1cc2c(cc1O)C(Cc1cccc3c1ccc1c4ccccc4ccc31)NCC2. The Morgan fingerprint density at radius 2 is 1.42 bits per heavy atom. The van der Waals surface area contributed by atoms with Crippen molar-refractivity contribution in [2.24, 2.45) is 0 Å². The predicted molar refractivity (Wildman–Crippen MR) is 127 cm³/mol. The third kappa shape index (κ3) is 2.93. The summed E-state index contributed by atoms with van der Waals surface area (Å²) < 4.78 is 0. The maximum atomic E-state index is 10.1. The molecule has 31 heavy (non-hydrogen) atoms. The zero-order chi connectivity index (χ0) is 20.9. The summed E-state index contributed by atoms with van der Waals surface area (Å²) in [6.45, 7) is 0.863. The molecule has 0 radical (unpaired) electrons. The second-order valence-electron chi connectivity index (χ2n) is 8.46. The van der Waals surface area contributed by atoms with Crippen molar-refractivity contribution >= 4 is 32.3 Å². The van der Waals surface area contributed by atoms with Gasteiger partial charge in [-0.05, 0) is 80.5 Å². The Labute approximate surface area is 180 Å². The summed E-state index contributed by atoms with van der Waals surface area (Å²) in [5.74, 6) is -0.0912. The average Bonchev–Trinajstić information content (AvgIpc) is 2.80. The van der Waals surface area contributed by atoms with Crippen LogP contribution in [0.4, 0.5) is 0 Å². The Morgan fingerprint density at radius 3 is 2.35 bits per heavy atom. The molecule has 0 amide bonds. The summed E-state index contributed by atoms with van der Waals surface area (Å²) in [4.78, 5) is 0. The number of aromatic hydroxyl groups is 2. The normalized spacial score (nSPS) is 16.1. The Morgan fingerprint density at radius 1 is 0.710 bits per heavy atom. The van der Waals surface area contributed by atoms with Crippen molar-refractivity contribution in [2.45, 2.75) is 18.9 Å². The monoisotopic (exact) mass is 405 g/mol. The van der Waals surface area contributed by atoms with Crippen LogP contribution in [0.2, 0.25) is 0 Å². The maximum absolute atomic E-state index is 10.1. The molecule has 1 heterocycles. The molecule has 3 nitrogen and oxygen atoms in total. The van der Waals surface area contributed by atoms with Gasteiger partial charge in [0.1, 0.15) is 0 Å². The highest BCUT2D eigenvalue weighted by atomic mass is 16.3. The van der Waals surface area contributed by atoms with Crippen molar-refractivity contribution in [2.75, 3.05) is 6.54 Å². The lowest BCUT2D eigenvalue weighted by Gasteiger charge is -2.28. The molecule has 1 unspecified atom stereocenters. The van der Waals surface area contributed by atoms with Crippen molar-refractivity contribution in [1.82, 2.24) is 5.32 Å². The second kappa shape index (κ2) is 7.00. The largest absolute Gasteiger partial charge is 0.504 e. The highest BCUT2D eigenvalue weighted by Gasteiger charge is 2.23. The van der Waals surface area contributed by atoms with Crippen LogP contribution >= 0.6 is 0 Å². The Kier molecular flexibility index (Phi) is 4.12. The fourth-order valence-electron chi connectivity index (χ4n) is 5.17. The third-order valence-corrected chi connectivity index (χ3v) is 6.69. The van der Waals surface area contributed by atoms with Gasteiger partial charge in [-0.2, -0.15) is 0 Å². The van der Waals surface area contributed by atoms with E-state index < -0.39 is 0 Å². The van der Waals surface area contributed by atoms with E-state index in [-0.39, 0.29) is 17.5 Å². The molecule has 0 saturated heterocycles.